The van der Waals surface area contributed by atoms with E-state index in [0.717, 1.165) is 23.6 Å². The Morgan fingerprint density at radius 2 is 1.96 bits per heavy atom. The number of aromatic amines is 1. The summed E-state index contributed by atoms with van der Waals surface area (Å²) in [6, 6.07) is 11.2. The minimum absolute atomic E-state index is 0.0263. The van der Waals surface area contributed by atoms with Gasteiger partial charge in [-0.05, 0) is 32.2 Å². The van der Waals surface area contributed by atoms with E-state index in [9.17, 15) is 9.59 Å². The summed E-state index contributed by atoms with van der Waals surface area (Å²) >= 11 is 0. The number of para-hydroxylation sites is 1. The van der Waals surface area contributed by atoms with Gasteiger partial charge in [0.2, 0.25) is 0 Å². The first-order valence-corrected chi connectivity index (χ1v) is 8.33. The van der Waals surface area contributed by atoms with Gasteiger partial charge in [-0.25, -0.2) is 0 Å². The zero-order valence-corrected chi connectivity index (χ0v) is 14.8. The highest BCUT2D eigenvalue weighted by atomic mass is 16.5. The smallest absolute Gasteiger partial charge is 0.260 e. The number of hydrogen-bond donors (Lipinski definition) is 1. The van der Waals surface area contributed by atoms with Crippen molar-refractivity contribution in [1.29, 1.82) is 0 Å². The number of nitrogens with zero attached hydrogens (tertiary/aromatic N) is 2. The van der Waals surface area contributed by atoms with E-state index in [-0.39, 0.29) is 23.1 Å². The van der Waals surface area contributed by atoms with E-state index in [2.05, 4.69) is 9.88 Å². The molecule has 3 rings (SSSR count). The molecule has 132 valence electrons. The number of likely N-dealkylation sites (N-methyl/N-ethyl adjacent to an activating group) is 1. The zero-order valence-electron chi connectivity index (χ0n) is 14.8. The number of benzene rings is 1. The van der Waals surface area contributed by atoms with E-state index in [1.807, 2.05) is 31.3 Å². The monoisotopic (exact) mass is 341 g/mol. The van der Waals surface area contributed by atoms with Crippen molar-refractivity contribution in [3.63, 3.8) is 0 Å². The Balaban J connectivity index is 1.87. The van der Waals surface area contributed by atoms with Crippen LogP contribution in [0.1, 0.15) is 27.7 Å². The van der Waals surface area contributed by atoms with Crippen LogP contribution in [-0.2, 0) is 0 Å². The minimum atomic E-state index is -0.335. The molecule has 2 aromatic rings. The van der Waals surface area contributed by atoms with E-state index in [1.54, 1.807) is 31.1 Å². The summed E-state index contributed by atoms with van der Waals surface area (Å²) in [6.07, 6.45) is 0. The lowest BCUT2D eigenvalue weighted by Crippen LogP contribution is -2.49. The van der Waals surface area contributed by atoms with Crippen molar-refractivity contribution >= 4 is 5.91 Å². The molecule has 1 N–H and O–H groups in total. The van der Waals surface area contributed by atoms with Crippen LogP contribution in [0.5, 0.6) is 5.75 Å². The number of amides is 1. The van der Waals surface area contributed by atoms with Gasteiger partial charge in [0.25, 0.3) is 11.5 Å². The topological polar surface area (TPSA) is 65.6 Å². The molecule has 1 aromatic heterocycles. The fourth-order valence-corrected chi connectivity index (χ4v) is 3.25. The van der Waals surface area contributed by atoms with Crippen LogP contribution in [0.25, 0.3) is 0 Å². The van der Waals surface area contributed by atoms with Crippen molar-refractivity contribution in [2.45, 2.75) is 13.0 Å². The number of piperazine rings is 1. The Hall–Kier alpha value is -2.60. The first-order chi connectivity index (χ1) is 12.0. The molecule has 1 atom stereocenters. The lowest BCUT2D eigenvalue weighted by Gasteiger charge is -2.40. The van der Waals surface area contributed by atoms with Crippen molar-refractivity contribution in [2.24, 2.45) is 0 Å². The van der Waals surface area contributed by atoms with Gasteiger partial charge in [-0.15, -0.1) is 0 Å². The first kappa shape index (κ1) is 17.2. The van der Waals surface area contributed by atoms with E-state index >= 15 is 0 Å². The van der Waals surface area contributed by atoms with Crippen molar-refractivity contribution in [3.8, 4) is 5.75 Å². The summed E-state index contributed by atoms with van der Waals surface area (Å²) in [4.78, 5) is 31.6. The number of carbonyl (C=O) groups excluding carboxylic acids is 1. The SMILES string of the molecule is COc1ccccc1[C@@H]1CN(C(=O)c2ccc(C)[nH]c2=O)CCN1C. The molecular formula is C19H23N3O3. The predicted molar refractivity (Wildman–Crippen MR) is 96.1 cm³/mol. The Kier molecular flexibility index (Phi) is 4.90. The lowest BCUT2D eigenvalue weighted by molar-refractivity contribution is 0.0540. The van der Waals surface area contributed by atoms with Crippen LogP contribution >= 0.6 is 0 Å². The summed E-state index contributed by atoms with van der Waals surface area (Å²) in [5.41, 5.74) is 1.64. The summed E-state index contributed by atoms with van der Waals surface area (Å²) in [7, 11) is 3.69. The lowest BCUT2D eigenvalue weighted by atomic mass is 10.0. The van der Waals surface area contributed by atoms with Gasteiger partial charge in [-0.3, -0.25) is 14.5 Å². The van der Waals surface area contributed by atoms with Crippen molar-refractivity contribution < 1.29 is 9.53 Å². The van der Waals surface area contributed by atoms with Gasteiger partial charge in [0.15, 0.2) is 0 Å². The Morgan fingerprint density at radius 1 is 1.20 bits per heavy atom. The van der Waals surface area contributed by atoms with Crippen LogP contribution in [0, 0.1) is 6.92 Å². The minimum Gasteiger partial charge on any atom is -0.496 e. The second-order valence-electron chi connectivity index (χ2n) is 6.37. The van der Waals surface area contributed by atoms with Crippen LogP contribution < -0.4 is 10.3 Å². The van der Waals surface area contributed by atoms with Gasteiger partial charge in [0, 0.05) is 30.9 Å². The standard InChI is InChI=1S/C19H23N3O3/c1-13-8-9-15(18(23)20-13)19(24)22-11-10-21(2)16(12-22)14-6-4-5-7-17(14)25-3/h4-9,16H,10-12H2,1-3H3,(H,20,23)/t16-/m0/s1. The normalized spacial score (nSPS) is 18.2. The Labute approximate surface area is 147 Å². The van der Waals surface area contributed by atoms with Gasteiger partial charge in [0.1, 0.15) is 11.3 Å². The molecule has 0 spiro atoms. The Morgan fingerprint density at radius 3 is 2.68 bits per heavy atom. The molecule has 1 aromatic carbocycles. The van der Waals surface area contributed by atoms with Gasteiger partial charge >= 0.3 is 0 Å². The fourth-order valence-electron chi connectivity index (χ4n) is 3.25. The van der Waals surface area contributed by atoms with Gasteiger partial charge in [-0.2, -0.15) is 0 Å². The molecule has 2 heterocycles. The number of carbonyl (C=O) groups is 1. The molecule has 0 saturated carbocycles. The molecule has 6 heteroatoms. The summed E-state index contributed by atoms with van der Waals surface area (Å²) in [5, 5.41) is 0. The quantitative estimate of drug-likeness (QED) is 0.925. The maximum atomic E-state index is 12.8. The average Bonchev–Trinajstić information content (AvgIpc) is 2.61. The molecule has 0 unspecified atom stereocenters. The number of H-pyrrole nitrogens is 1. The van der Waals surface area contributed by atoms with Crippen LogP contribution in [0.15, 0.2) is 41.2 Å². The van der Waals surface area contributed by atoms with E-state index in [1.165, 1.54) is 0 Å². The highest BCUT2D eigenvalue weighted by molar-refractivity contribution is 5.94. The molecule has 1 aliphatic rings. The van der Waals surface area contributed by atoms with Gasteiger partial charge < -0.3 is 14.6 Å². The average molecular weight is 341 g/mol. The number of hydrogen-bond acceptors (Lipinski definition) is 4. The van der Waals surface area contributed by atoms with Crippen LogP contribution in [0.2, 0.25) is 0 Å². The maximum Gasteiger partial charge on any atom is 0.260 e. The molecule has 1 amide bonds. The molecular weight excluding hydrogens is 318 g/mol. The first-order valence-electron chi connectivity index (χ1n) is 8.33. The van der Waals surface area contributed by atoms with Crippen molar-refractivity contribution in [1.82, 2.24) is 14.8 Å². The summed E-state index contributed by atoms with van der Waals surface area (Å²) in [6.45, 7) is 3.64. The van der Waals surface area contributed by atoms with Crippen LogP contribution in [-0.4, -0.2) is 54.5 Å². The van der Waals surface area contributed by atoms with Crippen molar-refractivity contribution in [3.05, 3.63) is 63.6 Å². The largest absolute Gasteiger partial charge is 0.496 e. The maximum absolute atomic E-state index is 12.8. The highest BCUT2D eigenvalue weighted by Crippen LogP contribution is 2.31. The summed E-state index contributed by atoms with van der Waals surface area (Å²) < 4.78 is 5.47. The zero-order chi connectivity index (χ0) is 18.0. The molecule has 1 aliphatic heterocycles. The number of methoxy groups -OCH3 is 1. The molecule has 1 fully saturated rings. The molecule has 0 bridgehead atoms. The van der Waals surface area contributed by atoms with E-state index < -0.39 is 0 Å². The van der Waals surface area contributed by atoms with Crippen LogP contribution in [0.4, 0.5) is 0 Å². The molecule has 0 aliphatic carbocycles. The third kappa shape index (κ3) is 3.44. The fraction of sp³-hybridized carbons (Fsp3) is 0.368. The number of ether oxygens (including phenoxy) is 1. The highest BCUT2D eigenvalue weighted by Gasteiger charge is 2.31. The van der Waals surface area contributed by atoms with Gasteiger partial charge in [0.05, 0.1) is 13.2 Å². The van der Waals surface area contributed by atoms with E-state index in [4.69, 9.17) is 4.74 Å². The molecule has 6 nitrogen and oxygen atoms in total. The second kappa shape index (κ2) is 7.11. The number of aromatic nitrogens is 1. The summed E-state index contributed by atoms with van der Waals surface area (Å²) in [5.74, 6) is 0.580. The number of aryl methyl sites for hydroxylation is 1. The number of pyridine rings is 1. The molecule has 0 radical (unpaired) electrons. The second-order valence-corrected chi connectivity index (χ2v) is 6.37. The third-order valence-electron chi connectivity index (χ3n) is 4.72. The predicted octanol–water partition coefficient (Wildman–Crippen LogP) is 1.82. The van der Waals surface area contributed by atoms with E-state index in [0.29, 0.717) is 13.1 Å². The van der Waals surface area contributed by atoms with Gasteiger partial charge in [-0.1, -0.05) is 18.2 Å². The van der Waals surface area contributed by atoms with Crippen molar-refractivity contribution in [2.75, 3.05) is 33.8 Å². The molecule has 25 heavy (non-hydrogen) atoms. The molecule has 1 saturated heterocycles. The number of nitrogens with one attached hydrogen (secondary N) is 1. The number of rotatable bonds is 3. The Bertz CT molecular complexity index is 831. The third-order valence-corrected chi connectivity index (χ3v) is 4.72. The van der Waals surface area contributed by atoms with Crippen LogP contribution in [0.3, 0.4) is 0 Å².